The minimum atomic E-state index is -0.672. The van der Waals surface area contributed by atoms with Crippen LogP contribution in [0.25, 0.3) is 0 Å². The number of halogens is 2. The van der Waals surface area contributed by atoms with Crippen molar-refractivity contribution in [1.82, 2.24) is 0 Å². The second-order valence-corrected chi connectivity index (χ2v) is 5.97. The Balaban J connectivity index is 2.69. The molecule has 0 aromatic carbocycles. The first kappa shape index (κ1) is 13.1. The Bertz CT molecular complexity index is 67.6. The van der Waals surface area contributed by atoms with Crippen LogP contribution in [-0.4, -0.2) is 45.5 Å². The van der Waals surface area contributed by atoms with Crippen LogP contribution in [0, 0.1) is 0 Å². The van der Waals surface area contributed by atoms with Crippen LogP contribution >= 0.6 is 18.1 Å². The fourth-order valence-electron chi connectivity index (χ4n) is 0.883. The van der Waals surface area contributed by atoms with Gasteiger partial charge in [0.2, 0.25) is 0 Å². The Morgan fingerprint density at radius 2 is 1.73 bits per heavy atom. The first-order chi connectivity index (χ1) is 5.41. The molecule has 0 N–H and O–H groups in total. The Morgan fingerprint density at radius 3 is 2.36 bits per heavy atom. The molecule has 0 amide bonds. The molecule has 0 saturated heterocycles. The maximum atomic E-state index is 5.67. The average molecular weight is 220 g/mol. The second-order valence-electron chi connectivity index (χ2n) is 2.47. The highest BCUT2D eigenvalue weighted by molar-refractivity contribution is 6.93. The van der Waals surface area contributed by atoms with Crippen LogP contribution in [0.3, 0.4) is 0 Å². The molecular weight excluding hydrogens is 208 g/mol. The minimum absolute atomic E-state index is 0.203. The van der Waals surface area contributed by atoms with E-state index in [1.54, 1.807) is 0 Å². The summed E-state index contributed by atoms with van der Waals surface area (Å²) in [4.78, 5) is 0. The monoisotopic (exact) mass is 218 g/mol. The Labute approximate surface area is 96.0 Å². The summed E-state index contributed by atoms with van der Waals surface area (Å²) in [5.41, 5.74) is 0. The van der Waals surface area contributed by atoms with Gasteiger partial charge in [0, 0.05) is 6.61 Å². The van der Waals surface area contributed by atoms with E-state index >= 15 is 0 Å². The van der Waals surface area contributed by atoms with Crippen molar-refractivity contribution in [3.05, 3.63) is 0 Å². The molecule has 0 heterocycles. The molecule has 0 rings (SSSR count). The maximum absolute atomic E-state index is 5.67. The normalized spacial score (nSPS) is 8.91. The molecule has 0 bridgehead atoms. The molecule has 0 saturated carbocycles. The van der Waals surface area contributed by atoms with Crippen molar-refractivity contribution >= 4 is 57.1 Å². The van der Waals surface area contributed by atoms with Crippen molar-refractivity contribution in [2.75, 3.05) is 6.61 Å². The predicted octanol–water partition coefficient (Wildman–Crippen LogP) is 2.61. The Hall–Kier alpha value is 2.07. The first-order valence-corrected chi connectivity index (χ1v) is 9.97. The lowest BCUT2D eigenvalue weighted by molar-refractivity contribution is 0.330. The lowest BCUT2D eigenvalue weighted by Crippen LogP contribution is -1.94. The van der Waals surface area contributed by atoms with Gasteiger partial charge in [0.05, 0.1) is 0 Å². The van der Waals surface area contributed by atoms with E-state index in [0.29, 0.717) is 0 Å². The number of rotatable bonds is 8. The van der Waals surface area contributed by atoms with E-state index in [2.05, 4.69) is 0 Å². The third-order valence-electron chi connectivity index (χ3n) is 1.50. The zero-order valence-electron chi connectivity index (χ0n) is 6.82. The van der Waals surface area contributed by atoms with Gasteiger partial charge >= 0.3 is 38.9 Å². The second kappa shape index (κ2) is 12.1. The van der Waals surface area contributed by atoms with E-state index in [-0.39, 0.29) is 19.3 Å². The summed E-state index contributed by atoms with van der Waals surface area (Å²) < 4.78 is 6.41. The lowest BCUT2D eigenvalue weighted by atomic mass is 10.2. The van der Waals surface area contributed by atoms with Gasteiger partial charge in [-0.3, -0.25) is 9.07 Å². The third kappa shape index (κ3) is 12.1. The van der Waals surface area contributed by atoms with Crippen LogP contribution in [-0.2, 0) is 3.17 Å². The third-order valence-corrected chi connectivity index (χ3v) is 3.97. The van der Waals surface area contributed by atoms with Crippen LogP contribution in [0.1, 0.15) is 25.7 Å². The molecule has 5 heteroatoms. The van der Waals surface area contributed by atoms with E-state index in [0.717, 1.165) is 6.61 Å². The van der Waals surface area contributed by atoms with Crippen molar-refractivity contribution < 1.29 is 3.17 Å². The van der Waals surface area contributed by atoms with Crippen LogP contribution in [0.15, 0.2) is 0 Å². The summed E-state index contributed by atoms with van der Waals surface area (Å²) in [6.45, 7) is 0.869. The van der Waals surface area contributed by atoms with Crippen molar-refractivity contribution in [2.45, 2.75) is 30.2 Å². The summed E-state index contributed by atoms with van der Waals surface area (Å²) >= 11 is -0.875. The summed E-state index contributed by atoms with van der Waals surface area (Å²) in [6.07, 6.45) is 5.07. The van der Waals surface area contributed by atoms with E-state index in [1.165, 1.54) is 30.2 Å². The molecule has 0 spiro atoms. The van der Waals surface area contributed by atoms with Crippen LogP contribution in [0.2, 0.25) is 4.55 Å². The van der Waals surface area contributed by atoms with Gasteiger partial charge in [-0.2, -0.15) is 0 Å². The van der Waals surface area contributed by atoms with Crippen molar-refractivity contribution in [1.29, 1.82) is 0 Å². The van der Waals surface area contributed by atoms with Crippen LogP contribution in [0.5, 0.6) is 0 Å². The SMILES string of the molecule is [Cl][Mg][CH2]CCCCC[O][Mg][Cl]. The quantitative estimate of drug-likeness (QED) is 0.451. The summed E-state index contributed by atoms with van der Waals surface area (Å²) in [5, 5.41) is 0. The lowest BCUT2D eigenvalue weighted by Gasteiger charge is -2.00. The zero-order chi connectivity index (χ0) is 8.36. The van der Waals surface area contributed by atoms with Gasteiger partial charge in [-0.15, -0.1) is 4.55 Å². The van der Waals surface area contributed by atoms with Gasteiger partial charge in [0.25, 0.3) is 0 Å². The molecule has 0 aliphatic rings. The smallest absolute Gasteiger partial charge is 0.548 e. The number of hydrogen-bond donors (Lipinski definition) is 0. The average Bonchev–Trinajstić information content (AvgIpc) is 2.03. The predicted molar refractivity (Wildman–Crippen MR) is 52.4 cm³/mol. The molecular formula is C6H12Cl2Mg2O. The summed E-state index contributed by atoms with van der Waals surface area (Å²) in [5.74, 6) is 0. The molecule has 0 aliphatic heterocycles. The van der Waals surface area contributed by atoms with Crippen molar-refractivity contribution in [2.24, 2.45) is 0 Å². The fraction of sp³-hybridized carbons (Fsp3) is 1.00. The molecule has 0 radical (unpaired) electrons. The maximum Gasteiger partial charge on any atom is 0.701 e. The topological polar surface area (TPSA) is 9.23 Å². The van der Waals surface area contributed by atoms with Crippen LogP contribution < -0.4 is 0 Å². The number of hydrogen-bond acceptors (Lipinski definition) is 1. The summed E-state index contributed by atoms with van der Waals surface area (Å²) in [6, 6.07) is 0. The van der Waals surface area contributed by atoms with Gasteiger partial charge < -0.3 is 12.2 Å². The zero-order valence-corrected chi connectivity index (χ0v) is 11.2. The largest absolute Gasteiger partial charge is 0.701 e. The molecule has 0 fully saturated rings. The van der Waals surface area contributed by atoms with Gasteiger partial charge in [-0.25, -0.2) is 0 Å². The van der Waals surface area contributed by atoms with Gasteiger partial charge in [0.15, 0.2) is 0 Å². The van der Waals surface area contributed by atoms with Crippen molar-refractivity contribution in [3.63, 3.8) is 0 Å². The molecule has 1 nitrogen and oxygen atoms in total. The highest BCUT2D eigenvalue weighted by Crippen LogP contribution is 2.03. The van der Waals surface area contributed by atoms with E-state index < -0.39 is 19.7 Å². The molecule has 0 aromatic heterocycles. The Kier molecular flexibility index (Phi) is 14.3. The molecule has 11 heavy (non-hydrogen) atoms. The highest BCUT2D eigenvalue weighted by atomic mass is 35.5. The van der Waals surface area contributed by atoms with E-state index in [4.69, 9.17) is 21.3 Å². The molecule has 0 unspecified atom stereocenters. The van der Waals surface area contributed by atoms with Gasteiger partial charge in [-0.05, 0) is 6.42 Å². The van der Waals surface area contributed by atoms with E-state index in [9.17, 15) is 0 Å². The number of unbranched alkanes of at least 4 members (excludes halogenated alkanes) is 3. The minimum Gasteiger partial charge on any atom is -0.548 e. The van der Waals surface area contributed by atoms with Crippen molar-refractivity contribution in [3.8, 4) is 0 Å². The molecule has 0 atom stereocenters. The molecule has 60 valence electrons. The van der Waals surface area contributed by atoms with Gasteiger partial charge in [0.1, 0.15) is 0 Å². The van der Waals surface area contributed by atoms with Gasteiger partial charge in [-0.1, -0.05) is 19.3 Å². The van der Waals surface area contributed by atoms with E-state index in [1.807, 2.05) is 0 Å². The highest BCUT2D eigenvalue weighted by Gasteiger charge is 1.93. The molecule has 0 aliphatic carbocycles. The first-order valence-electron chi connectivity index (χ1n) is 4.11. The van der Waals surface area contributed by atoms with Crippen LogP contribution in [0.4, 0.5) is 0 Å². The summed E-state index contributed by atoms with van der Waals surface area (Å²) in [7, 11) is 11.1. The fourth-order valence-corrected chi connectivity index (χ4v) is 2.63. The Morgan fingerprint density at radius 1 is 1.00 bits per heavy atom. The molecule has 0 aromatic rings. The standard InChI is InChI=1S/C6H12O.2ClH.2Mg/c1-2-3-4-5-6-7;;;;/h1-6H2;2*1H;;/q-1;;;+1;+2/p-2.